The highest BCUT2D eigenvalue weighted by Crippen LogP contribution is 2.02. The number of ether oxygens (including phenoxy) is 1. The molecule has 0 aliphatic rings. The molecule has 0 unspecified atom stereocenters. The van der Waals surface area contributed by atoms with Gasteiger partial charge in [0.1, 0.15) is 5.82 Å². The highest BCUT2D eigenvalue weighted by molar-refractivity contribution is 5.71. The molecule has 0 aliphatic heterocycles. The average molecular weight is 211 g/mol. The van der Waals surface area contributed by atoms with Gasteiger partial charge in [-0.15, -0.1) is 0 Å². The molecule has 0 aliphatic carbocycles. The third-order valence-corrected chi connectivity index (χ3v) is 2.00. The molecule has 0 bridgehead atoms. The molecule has 0 spiro atoms. The fraction of sp³-hybridized carbons (Fsp3) is 0.364. The van der Waals surface area contributed by atoms with Crippen molar-refractivity contribution in [2.75, 3.05) is 20.2 Å². The Morgan fingerprint density at radius 3 is 2.67 bits per heavy atom. The van der Waals surface area contributed by atoms with Crippen LogP contribution in [0.1, 0.15) is 5.56 Å². The summed E-state index contributed by atoms with van der Waals surface area (Å²) in [7, 11) is 1.35. The summed E-state index contributed by atoms with van der Waals surface area (Å²) in [6, 6.07) is 6.32. The number of nitrogens with one attached hydrogen (secondary N) is 1. The van der Waals surface area contributed by atoms with Gasteiger partial charge in [-0.25, -0.2) is 4.39 Å². The number of carbonyl (C=O) groups is 1. The second-order valence-electron chi connectivity index (χ2n) is 3.13. The second kappa shape index (κ2) is 6.14. The van der Waals surface area contributed by atoms with E-state index in [1.54, 1.807) is 12.1 Å². The van der Waals surface area contributed by atoms with Crippen LogP contribution in [-0.4, -0.2) is 26.2 Å². The standard InChI is InChI=1S/C11H14FNO2/c1-15-11(14)8-13-7-6-9-2-4-10(12)5-3-9/h2-5,13H,6-8H2,1H3. The van der Waals surface area contributed by atoms with Gasteiger partial charge in [0.25, 0.3) is 0 Å². The summed E-state index contributed by atoms with van der Waals surface area (Å²) in [6.07, 6.45) is 0.761. The van der Waals surface area contributed by atoms with Crippen LogP contribution in [0.3, 0.4) is 0 Å². The summed E-state index contributed by atoms with van der Waals surface area (Å²) >= 11 is 0. The normalized spacial score (nSPS) is 10.0. The highest BCUT2D eigenvalue weighted by atomic mass is 19.1. The molecular formula is C11H14FNO2. The number of methoxy groups -OCH3 is 1. The quantitative estimate of drug-likeness (QED) is 0.586. The first-order chi connectivity index (χ1) is 7.22. The van der Waals surface area contributed by atoms with Gasteiger partial charge in [-0.2, -0.15) is 0 Å². The van der Waals surface area contributed by atoms with E-state index < -0.39 is 0 Å². The van der Waals surface area contributed by atoms with Gasteiger partial charge in [-0.05, 0) is 30.7 Å². The molecule has 1 aromatic carbocycles. The van der Waals surface area contributed by atoms with Gasteiger partial charge in [0.2, 0.25) is 0 Å². The van der Waals surface area contributed by atoms with Crippen LogP contribution in [-0.2, 0) is 16.0 Å². The van der Waals surface area contributed by atoms with E-state index in [1.165, 1.54) is 19.2 Å². The van der Waals surface area contributed by atoms with Crippen molar-refractivity contribution >= 4 is 5.97 Å². The van der Waals surface area contributed by atoms with E-state index in [0.29, 0.717) is 6.54 Å². The zero-order valence-corrected chi connectivity index (χ0v) is 8.63. The minimum absolute atomic E-state index is 0.206. The Balaban J connectivity index is 2.20. The molecule has 15 heavy (non-hydrogen) atoms. The van der Waals surface area contributed by atoms with Gasteiger partial charge in [-0.1, -0.05) is 12.1 Å². The molecule has 0 radical (unpaired) electrons. The molecule has 0 heterocycles. The minimum Gasteiger partial charge on any atom is -0.468 e. The molecule has 1 aromatic rings. The van der Waals surface area contributed by atoms with E-state index in [2.05, 4.69) is 10.1 Å². The van der Waals surface area contributed by atoms with E-state index in [-0.39, 0.29) is 18.3 Å². The maximum absolute atomic E-state index is 12.5. The fourth-order valence-corrected chi connectivity index (χ4v) is 1.15. The lowest BCUT2D eigenvalue weighted by Crippen LogP contribution is -2.25. The van der Waals surface area contributed by atoms with Gasteiger partial charge in [-0.3, -0.25) is 4.79 Å². The number of halogens is 1. The molecule has 4 heteroatoms. The van der Waals surface area contributed by atoms with Crippen molar-refractivity contribution < 1.29 is 13.9 Å². The van der Waals surface area contributed by atoms with E-state index in [1.807, 2.05) is 0 Å². The second-order valence-corrected chi connectivity index (χ2v) is 3.13. The van der Waals surface area contributed by atoms with Crippen molar-refractivity contribution in [2.45, 2.75) is 6.42 Å². The van der Waals surface area contributed by atoms with Gasteiger partial charge >= 0.3 is 5.97 Å². The summed E-state index contributed by atoms with van der Waals surface area (Å²) in [5, 5.41) is 2.93. The number of carbonyl (C=O) groups excluding carboxylic acids is 1. The minimum atomic E-state index is -0.283. The van der Waals surface area contributed by atoms with Gasteiger partial charge < -0.3 is 10.1 Å². The molecule has 1 N–H and O–H groups in total. The Bertz CT molecular complexity index is 311. The van der Waals surface area contributed by atoms with Crippen LogP contribution in [0.2, 0.25) is 0 Å². The first-order valence-electron chi connectivity index (χ1n) is 4.74. The Hall–Kier alpha value is -1.42. The maximum atomic E-state index is 12.5. The number of benzene rings is 1. The molecule has 0 saturated heterocycles. The van der Waals surface area contributed by atoms with Crippen molar-refractivity contribution in [3.05, 3.63) is 35.6 Å². The topological polar surface area (TPSA) is 38.3 Å². The molecule has 0 fully saturated rings. The predicted octanol–water partition coefficient (Wildman–Crippen LogP) is 1.13. The molecule has 82 valence electrons. The SMILES string of the molecule is COC(=O)CNCCc1ccc(F)cc1. The maximum Gasteiger partial charge on any atom is 0.319 e. The van der Waals surface area contributed by atoms with Crippen LogP contribution < -0.4 is 5.32 Å². The van der Waals surface area contributed by atoms with Crippen molar-refractivity contribution in [3.63, 3.8) is 0 Å². The lowest BCUT2D eigenvalue weighted by molar-refractivity contribution is -0.139. The van der Waals surface area contributed by atoms with Crippen molar-refractivity contribution in [2.24, 2.45) is 0 Å². The fourth-order valence-electron chi connectivity index (χ4n) is 1.15. The van der Waals surface area contributed by atoms with Crippen molar-refractivity contribution in [3.8, 4) is 0 Å². The summed E-state index contributed by atoms with van der Waals surface area (Å²) in [4.78, 5) is 10.7. The monoisotopic (exact) mass is 211 g/mol. The molecule has 0 atom stereocenters. The molecule has 0 aromatic heterocycles. The van der Waals surface area contributed by atoms with E-state index in [4.69, 9.17) is 0 Å². The first kappa shape index (κ1) is 11.7. The molecule has 3 nitrogen and oxygen atoms in total. The van der Waals surface area contributed by atoms with Crippen LogP contribution in [0.4, 0.5) is 4.39 Å². The number of esters is 1. The number of hydrogen-bond donors (Lipinski definition) is 1. The van der Waals surface area contributed by atoms with E-state index in [0.717, 1.165) is 12.0 Å². The molecular weight excluding hydrogens is 197 g/mol. The summed E-state index contributed by atoms with van der Waals surface area (Å²) in [6.45, 7) is 0.873. The number of hydrogen-bond acceptors (Lipinski definition) is 3. The zero-order chi connectivity index (χ0) is 11.1. The summed E-state index contributed by atoms with van der Waals surface area (Å²) in [5.41, 5.74) is 1.04. The molecule has 0 saturated carbocycles. The van der Waals surface area contributed by atoms with Crippen LogP contribution >= 0.6 is 0 Å². The van der Waals surface area contributed by atoms with Crippen molar-refractivity contribution in [1.29, 1.82) is 0 Å². The summed E-state index contributed by atoms with van der Waals surface area (Å²) < 4.78 is 17.0. The average Bonchev–Trinajstić information content (AvgIpc) is 2.26. The highest BCUT2D eigenvalue weighted by Gasteiger charge is 1.98. The van der Waals surface area contributed by atoms with Gasteiger partial charge in [0.05, 0.1) is 13.7 Å². The van der Waals surface area contributed by atoms with Crippen LogP contribution in [0, 0.1) is 5.82 Å². The Morgan fingerprint density at radius 2 is 2.07 bits per heavy atom. The predicted molar refractivity (Wildman–Crippen MR) is 55.0 cm³/mol. The Morgan fingerprint density at radius 1 is 1.40 bits per heavy atom. The van der Waals surface area contributed by atoms with Gasteiger partial charge in [0, 0.05) is 0 Å². The van der Waals surface area contributed by atoms with Crippen LogP contribution in [0.25, 0.3) is 0 Å². The summed E-state index contributed by atoms with van der Waals surface area (Å²) in [5.74, 6) is -0.518. The van der Waals surface area contributed by atoms with E-state index >= 15 is 0 Å². The lowest BCUT2D eigenvalue weighted by Gasteiger charge is -2.03. The van der Waals surface area contributed by atoms with Crippen LogP contribution in [0.5, 0.6) is 0 Å². The Labute approximate surface area is 88.2 Å². The Kier molecular flexibility index (Phi) is 4.77. The first-order valence-corrected chi connectivity index (χ1v) is 4.74. The molecule has 0 amide bonds. The van der Waals surface area contributed by atoms with Crippen LogP contribution in [0.15, 0.2) is 24.3 Å². The van der Waals surface area contributed by atoms with Crippen molar-refractivity contribution in [1.82, 2.24) is 5.32 Å². The van der Waals surface area contributed by atoms with Gasteiger partial charge in [0.15, 0.2) is 0 Å². The third kappa shape index (κ3) is 4.56. The van der Waals surface area contributed by atoms with E-state index in [9.17, 15) is 9.18 Å². The largest absolute Gasteiger partial charge is 0.468 e. The zero-order valence-electron chi connectivity index (χ0n) is 8.63. The number of rotatable bonds is 5. The third-order valence-electron chi connectivity index (χ3n) is 2.00. The lowest BCUT2D eigenvalue weighted by atomic mass is 10.1. The molecule has 1 rings (SSSR count). The smallest absolute Gasteiger partial charge is 0.319 e.